The number of hydrogen-bond donors (Lipinski definition) is 1. The molecule has 2 atom stereocenters. The van der Waals surface area contributed by atoms with Gasteiger partial charge in [0, 0.05) is 48.3 Å². The van der Waals surface area contributed by atoms with Gasteiger partial charge in [-0.15, -0.1) is 0 Å². The Morgan fingerprint density at radius 2 is 1.80 bits per heavy atom. The standard InChI is InChI=1S/C22H19F3N4O/c1-12(30)13-3-2-4-14(5-13)21-8-22(28-11-27-21)29-9-16(20(26)10-29)15-6-18(24)19(25)7-17(15)23/h2-8,11,16,20H,9-10,26H2,1H3/t16-,20+/m1/s1. The summed E-state index contributed by atoms with van der Waals surface area (Å²) >= 11 is 0. The second-order valence-electron chi connectivity index (χ2n) is 7.36. The predicted molar refractivity (Wildman–Crippen MR) is 107 cm³/mol. The van der Waals surface area contributed by atoms with E-state index in [9.17, 15) is 18.0 Å². The number of ketones is 1. The van der Waals surface area contributed by atoms with Crippen LogP contribution in [-0.2, 0) is 0 Å². The maximum atomic E-state index is 14.2. The highest BCUT2D eigenvalue weighted by molar-refractivity contribution is 5.95. The van der Waals surface area contributed by atoms with Crippen molar-refractivity contribution in [2.45, 2.75) is 18.9 Å². The van der Waals surface area contributed by atoms with Gasteiger partial charge in [-0.2, -0.15) is 0 Å². The summed E-state index contributed by atoms with van der Waals surface area (Å²) < 4.78 is 41.2. The first-order valence-electron chi connectivity index (χ1n) is 9.42. The van der Waals surface area contributed by atoms with Crippen molar-refractivity contribution in [3.63, 3.8) is 0 Å². The average molecular weight is 412 g/mol. The van der Waals surface area contributed by atoms with Crippen LogP contribution in [0.4, 0.5) is 19.0 Å². The summed E-state index contributed by atoms with van der Waals surface area (Å²) in [6.45, 7) is 2.16. The van der Waals surface area contributed by atoms with Gasteiger partial charge in [0.05, 0.1) is 5.69 Å². The molecular formula is C22H19F3N4O. The predicted octanol–water partition coefficient (Wildman–Crippen LogP) is 3.69. The number of nitrogens with zero attached hydrogens (tertiary/aromatic N) is 3. The topological polar surface area (TPSA) is 72.1 Å². The van der Waals surface area contributed by atoms with Crippen molar-refractivity contribution in [1.29, 1.82) is 0 Å². The Hall–Kier alpha value is -3.26. The van der Waals surface area contributed by atoms with Crippen LogP contribution in [-0.4, -0.2) is 34.9 Å². The molecule has 1 aromatic heterocycles. The summed E-state index contributed by atoms with van der Waals surface area (Å²) in [7, 11) is 0. The number of carbonyl (C=O) groups is 1. The van der Waals surface area contributed by atoms with Gasteiger partial charge >= 0.3 is 0 Å². The van der Waals surface area contributed by atoms with E-state index in [1.54, 1.807) is 24.3 Å². The van der Waals surface area contributed by atoms with Crippen LogP contribution in [0.15, 0.2) is 48.8 Å². The van der Waals surface area contributed by atoms with Gasteiger partial charge in [0.1, 0.15) is 18.0 Å². The number of anilines is 1. The minimum Gasteiger partial charge on any atom is -0.354 e. The van der Waals surface area contributed by atoms with E-state index in [2.05, 4.69) is 9.97 Å². The van der Waals surface area contributed by atoms with Crippen molar-refractivity contribution >= 4 is 11.6 Å². The van der Waals surface area contributed by atoms with Gasteiger partial charge in [-0.05, 0) is 24.6 Å². The minimum atomic E-state index is -1.23. The van der Waals surface area contributed by atoms with Crippen LogP contribution in [0.3, 0.4) is 0 Å². The summed E-state index contributed by atoms with van der Waals surface area (Å²) in [4.78, 5) is 22.1. The fourth-order valence-corrected chi connectivity index (χ4v) is 3.74. The molecule has 30 heavy (non-hydrogen) atoms. The summed E-state index contributed by atoms with van der Waals surface area (Å²) in [5.74, 6) is -3.14. The highest BCUT2D eigenvalue weighted by Crippen LogP contribution is 2.32. The number of nitrogens with two attached hydrogens (primary N) is 1. The maximum absolute atomic E-state index is 14.2. The molecule has 0 unspecified atom stereocenters. The molecule has 1 aliphatic heterocycles. The van der Waals surface area contributed by atoms with Gasteiger partial charge in [-0.3, -0.25) is 4.79 Å². The number of rotatable bonds is 4. The van der Waals surface area contributed by atoms with E-state index in [-0.39, 0.29) is 11.3 Å². The molecule has 0 radical (unpaired) electrons. The Balaban J connectivity index is 1.62. The molecule has 8 heteroatoms. The maximum Gasteiger partial charge on any atom is 0.161 e. The second-order valence-corrected chi connectivity index (χ2v) is 7.36. The molecule has 1 saturated heterocycles. The van der Waals surface area contributed by atoms with Gasteiger partial charge < -0.3 is 10.6 Å². The van der Waals surface area contributed by atoms with Crippen LogP contribution in [0.1, 0.15) is 28.8 Å². The Morgan fingerprint density at radius 3 is 2.57 bits per heavy atom. The van der Waals surface area contributed by atoms with Crippen LogP contribution in [0, 0.1) is 17.5 Å². The van der Waals surface area contributed by atoms with Crippen LogP contribution in [0.5, 0.6) is 0 Å². The van der Waals surface area contributed by atoms with Crippen LogP contribution in [0.25, 0.3) is 11.3 Å². The van der Waals surface area contributed by atoms with Crippen molar-refractivity contribution in [3.8, 4) is 11.3 Å². The molecule has 4 rings (SSSR count). The number of carbonyl (C=O) groups excluding carboxylic acids is 1. The van der Waals surface area contributed by atoms with Gasteiger partial charge in [0.15, 0.2) is 17.4 Å². The van der Waals surface area contributed by atoms with E-state index < -0.39 is 29.4 Å². The summed E-state index contributed by atoms with van der Waals surface area (Å²) in [5.41, 5.74) is 8.20. The number of hydrogen-bond acceptors (Lipinski definition) is 5. The molecular weight excluding hydrogens is 393 g/mol. The van der Waals surface area contributed by atoms with Gasteiger partial charge in [-0.1, -0.05) is 18.2 Å². The molecule has 154 valence electrons. The summed E-state index contributed by atoms with van der Waals surface area (Å²) in [6, 6.07) is 9.80. The zero-order valence-corrected chi connectivity index (χ0v) is 16.1. The molecule has 0 bridgehead atoms. The van der Waals surface area contributed by atoms with Gasteiger partial charge in [0.25, 0.3) is 0 Å². The van der Waals surface area contributed by atoms with Gasteiger partial charge in [0.2, 0.25) is 0 Å². The van der Waals surface area contributed by atoms with Crippen LogP contribution in [0.2, 0.25) is 0 Å². The monoisotopic (exact) mass is 412 g/mol. The van der Waals surface area contributed by atoms with Crippen molar-refractivity contribution in [2.75, 3.05) is 18.0 Å². The fraction of sp³-hybridized carbons (Fsp3) is 0.227. The van der Waals surface area contributed by atoms with E-state index in [4.69, 9.17) is 5.73 Å². The third-order valence-corrected chi connectivity index (χ3v) is 5.35. The third kappa shape index (κ3) is 3.78. The van der Waals surface area contributed by atoms with E-state index in [0.717, 1.165) is 11.6 Å². The quantitative estimate of drug-likeness (QED) is 0.523. The van der Waals surface area contributed by atoms with Gasteiger partial charge in [-0.25, -0.2) is 23.1 Å². The normalized spacial score (nSPS) is 18.6. The van der Waals surface area contributed by atoms with Crippen molar-refractivity contribution in [2.24, 2.45) is 5.73 Å². The Bertz CT molecular complexity index is 1120. The third-order valence-electron chi connectivity index (χ3n) is 5.35. The SMILES string of the molecule is CC(=O)c1cccc(-c2cc(N3C[C@H](c4cc(F)c(F)cc4F)[C@@H](N)C3)ncn2)c1. The summed E-state index contributed by atoms with van der Waals surface area (Å²) in [6.07, 6.45) is 1.40. The molecule has 5 nitrogen and oxygen atoms in total. The van der Waals surface area contributed by atoms with E-state index in [1.807, 2.05) is 11.0 Å². The molecule has 1 aliphatic rings. The van der Waals surface area contributed by atoms with E-state index in [1.165, 1.54) is 13.3 Å². The zero-order valence-electron chi connectivity index (χ0n) is 16.1. The molecule has 0 spiro atoms. The number of benzene rings is 2. The van der Waals surface area contributed by atoms with E-state index in [0.29, 0.717) is 36.2 Å². The minimum absolute atomic E-state index is 0.0481. The first-order chi connectivity index (χ1) is 14.3. The zero-order chi connectivity index (χ0) is 21.4. The number of halogens is 3. The largest absolute Gasteiger partial charge is 0.354 e. The lowest BCUT2D eigenvalue weighted by Crippen LogP contribution is -2.29. The molecule has 2 N–H and O–H groups in total. The fourth-order valence-electron chi connectivity index (χ4n) is 3.74. The molecule has 1 fully saturated rings. The lowest BCUT2D eigenvalue weighted by Gasteiger charge is -2.18. The molecule has 0 saturated carbocycles. The average Bonchev–Trinajstić information content (AvgIpc) is 3.12. The lowest BCUT2D eigenvalue weighted by atomic mass is 9.94. The van der Waals surface area contributed by atoms with Crippen LogP contribution < -0.4 is 10.6 Å². The lowest BCUT2D eigenvalue weighted by molar-refractivity contribution is 0.101. The molecule has 2 heterocycles. The first-order valence-corrected chi connectivity index (χ1v) is 9.42. The molecule has 2 aromatic carbocycles. The Labute approximate surface area is 171 Å². The number of aromatic nitrogens is 2. The number of Topliss-reactive ketones (excluding diaryl/α,β-unsaturated/α-hetero) is 1. The molecule has 0 aliphatic carbocycles. The Kier molecular flexibility index (Phi) is 5.26. The highest BCUT2D eigenvalue weighted by atomic mass is 19.2. The van der Waals surface area contributed by atoms with Crippen molar-refractivity contribution in [1.82, 2.24) is 9.97 Å². The van der Waals surface area contributed by atoms with Crippen molar-refractivity contribution in [3.05, 3.63) is 77.4 Å². The van der Waals surface area contributed by atoms with Crippen LogP contribution >= 0.6 is 0 Å². The van der Waals surface area contributed by atoms with Crippen molar-refractivity contribution < 1.29 is 18.0 Å². The molecule has 0 amide bonds. The van der Waals surface area contributed by atoms with E-state index >= 15 is 0 Å². The highest BCUT2D eigenvalue weighted by Gasteiger charge is 2.34. The smallest absolute Gasteiger partial charge is 0.161 e. The Morgan fingerprint density at radius 1 is 1.03 bits per heavy atom. The summed E-state index contributed by atoms with van der Waals surface area (Å²) in [5, 5.41) is 0. The molecule has 3 aromatic rings. The second kappa shape index (κ2) is 7.87. The first kappa shape index (κ1) is 20.0.